The van der Waals surface area contributed by atoms with Crippen molar-refractivity contribution in [1.29, 1.82) is 5.26 Å². The second-order valence-electron chi connectivity index (χ2n) is 13.2. The lowest BCUT2D eigenvalue weighted by Crippen LogP contribution is -2.70. The maximum Gasteiger partial charge on any atom is 0.215 e. The molecule has 6 rings (SSSR count). The van der Waals surface area contributed by atoms with Crippen molar-refractivity contribution in [2.75, 3.05) is 65.8 Å². The fourth-order valence-corrected chi connectivity index (χ4v) is 7.41. The van der Waals surface area contributed by atoms with Crippen molar-refractivity contribution in [3.8, 4) is 6.07 Å². The number of fused-ring (bicyclic) bond motifs is 1. The summed E-state index contributed by atoms with van der Waals surface area (Å²) in [6.45, 7) is 14.6. The summed E-state index contributed by atoms with van der Waals surface area (Å²) < 4.78 is 18.1. The number of piperazine rings is 1. The van der Waals surface area contributed by atoms with Gasteiger partial charge in [-0.3, -0.25) is 4.90 Å². The maximum absolute atomic E-state index is 10.0. The minimum absolute atomic E-state index is 0.0739. The topological polar surface area (TPSA) is 116 Å². The van der Waals surface area contributed by atoms with Crippen LogP contribution in [0.15, 0.2) is 40.0 Å². The lowest BCUT2D eigenvalue weighted by Gasteiger charge is -2.54. The normalized spacial score (nSPS) is 23.9. The molecule has 2 atom stereocenters. The molecule has 3 saturated heterocycles. The third-order valence-corrected chi connectivity index (χ3v) is 10.5. The van der Waals surface area contributed by atoms with Crippen LogP contribution in [0.25, 0.3) is 5.70 Å². The number of hydrogen-bond acceptors (Lipinski definition) is 10. The minimum atomic E-state index is -0.0873. The highest BCUT2D eigenvalue weighted by atomic mass is 16.5. The molecule has 0 bridgehead atoms. The molecule has 3 fully saturated rings. The average Bonchev–Trinajstić information content (AvgIpc) is 3.65. The van der Waals surface area contributed by atoms with Crippen molar-refractivity contribution in [1.82, 2.24) is 19.9 Å². The second kappa shape index (κ2) is 13.0. The monoisotopic (exact) mass is 613 g/mol. The van der Waals surface area contributed by atoms with E-state index in [1.807, 2.05) is 18.2 Å². The molecular weight excluding hydrogens is 566 g/mol. The number of rotatable bonds is 8. The zero-order valence-electron chi connectivity index (χ0n) is 27.3. The number of nitrogen functional groups attached to an aromatic ring is 1. The van der Waals surface area contributed by atoms with Gasteiger partial charge < -0.3 is 29.5 Å². The molecule has 1 aliphatic carbocycles. The van der Waals surface area contributed by atoms with Crippen molar-refractivity contribution >= 4 is 17.3 Å². The Balaban J connectivity index is 1.30. The molecule has 0 radical (unpaired) electrons. The highest BCUT2D eigenvalue weighted by Gasteiger charge is 2.46. The third kappa shape index (κ3) is 6.01. The van der Waals surface area contributed by atoms with Gasteiger partial charge in [0.25, 0.3) is 0 Å². The summed E-state index contributed by atoms with van der Waals surface area (Å²) in [5, 5.41) is 14.5. The number of nitrogens with zero attached hydrogens (tertiary/aromatic N) is 6. The Morgan fingerprint density at radius 1 is 1.24 bits per heavy atom. The zero-order chi connectivity index (χ0) is 31.7. The molecule has 0 amide bonds. The minimum Gasteiger partial charge on any atom is -0.476 e. The van der Waals surface area contributed by atoms with Crippen molar-refractivity contribution in [3.05, 3.63) is 64.2 Å². The quantitative estimate of drug-likeness (QED) is 0.260. The number of aromatic nitrogens is 1. The lowest BCUT2D eigenvalue weighted by atomic mass is 9.78. The van der Waals surface area contributed by atoms with Gasteiger partial charge in [-0.25, -0.2) is 4.99 Å². The number of allylic oxidation sites excluding steroid dienone is 1. The summed E-state index contributed by atoms with van der Waals surface area (Å²) in [5.74, 6) is 1.24. The van der Waals surface area contributed by atoms with E-state index in [4.69, 9.17) is 24.7 Å². The molecule has 1 aromatic carbocycles. The van der Waals surface area contributed by atoms with Gasteiger partial charge in [0.1, 0.15) is 24.1 Å². The number of likely N-dealkylation sites (tertiary alicyclic amines) is 1. The zero-order valence-corrected chi connectivity index (χ0v) is 27.3. The van der Waals surface area contributed by atoms with Crippen molar-refractivity contribution < 1.29 is 14.0 Å². The van der Waals surface area contributed by atoms with Gasteiger partial charge in [-0.2, -0.15) is 5.26 Å². The highest BCUT2D eigenvalue weighted by molar-refractivity contribution is 5.92. The number of aryl methyl sites for hydroxylation is 1. The van der Waals surface area contributed by atoms with Crippen LogP contribution in [0.1, 0.15) is 79.2 Å². The number of ether oxygens (including phenoxy) is 2. The molecule has 2 N–H and O–H groups in total. The van der Waals surface area contributed by atoms with E-state index in [0.29, 0.717) is 41.2 Å². The molecule has 2 unspecified atom stereocenters. The molecule has 1 aromatic heterocycles. The molecule has 45 heavy (non-hydrogen) atoms. The van der Waals surface area contributed by atoms with Crippen LogP contribution >= 0.6 is 0 Å². The van der Waals surface area contributed by atoms with E-state index in [1.165, 1.54) is 6.42 Å². The molecule has 2 aromatic rings. The fourth-order valence-electron chi connectivity index (χ4n) is 7.41. The Labute approximate surface area is 267 Å². The van der Waals surface area contributed by atoms with Crippen molar-refractivity contribution in [2.45, 2.75) is 69.9 Å². The number of nitrogens with two attached hydrogens (primary N) is 1. The summed E-state index contributed by atoms with van der Waals surface area (Å²) in [5.41, 5.74) is 12.7. The molecule has 1 spiro atoms. The number of nitriles is 1. The average molecular weight is 614 g/mol. The molecule has 4 aliphatic rings. The van der Waals surface area contributed by atoms with Crippen molar-refractivity contribution in [3.63, 3.8) is 0 Å². The van der Waals surface area contributed by atoms with Crippen LogP contribution in [0.4, 0.5) is 5.69 Å². The molecule has 3 aliphatic heterocycles. The summed E-state index contributed by atoms with van der Waals surface area (Å²) in [4.78, 5) is 12.2. The predicted molar refractivity (Wildman–Crippen MR) is 176 cm³/mol. The number of likely N-dealkylation sites (N-methyl/N-ethyl adjacent to an activating group) is 2. The molecule has 240 valence electrons. The van der Waals surface area contributed by atoms with Crippen molar-refractivity contribution in [2.24, 2.45) is 4.99 Å². The van der Waals surface area contributed by atoms with Crippen LogP contribution in [0.2, 0.25) is 0 Å². The van der Waals surface area contributed by atoms with Crippen LogP contribution in [0.3, 0.4) is 0 Å². The van der Waals surface area contributed by atoms with Gasteiger partial charge in [-0.15, -0.1) is 0 Å². The Bertz CT molecular complexity index is 1530. The smallest absolute Gasteiger partial charge is 0.215 e. The van der Waals surface area contributed by atoms with Crippen LogP contribution in [0, 0.1) is 11.3 Å². The fraction of sp³-hybridized carbons (Fsp3) is 0.571. The van der Waals surface area contributed by atoms with Crippen LogP contribution < -0.4 is 5.73 Å². The van der Waals surface area contributed by atoms with E-state index >= 15 is 0 Å². The summed E-state index contributed by atoms with van der Waals surface area (Å²) in [7, 11) is 4.35. The molecule has 0 saturated carbocycles. The van der Waals surface area contributed by atoms with Crippen LogP contribution in [-0.4, -0.2) is 97.4 Å². The maximum atomic E-state index is 10.0. The number of anilines is 1. The van der Waals surface area contributed by atoms with E-state index in [-0.39, 0.29) is 11.5 Å². The first kappa shape index (κ1) is 31.3. The van der Waals surface area contributed by atoms with E-state index < -0.39 is 0 Å². The lowest BCUT2D eigenvalue weighted by molar-refractivity contribution is -0.156. The van der Waals surface area contributed by atoms with Gasteiger partial charge in [0, 0.05) is 54.6 Å². The largest absolute Gasteiger partial charge is 0.476 e. The van der Waals surface area contributed by atoms with Gasteiger partial charge in [0.05, 0.1) is 30.0 Å². The Morgan fingerprint density at radius 2 is 2.07 bits per heavy atom. The van der Waals surface area contributed by atoms with E-state index in [2.05, 4.69) is 60.4 Å². The van der Waals surface area contributed by atoms with Crippen LogP contribution in [-0.2, 0) is 22.3 Å². The number of benzene rings is 1. The Hall–Kier alpha value is -3.65. The second-order valence-corrected chi connectivity index (χ2v) is 13.2. The van der Waals surface area contributed by atoms with Gasteiger partial charge in [0.2, 0.25) is 5.90 Å². The molecule has 4 heterocycles. The van der Waals surface area contributed by atoms with Gasteiger partial charge in [-0.1, -0.05) is 24.7 Å². The van der Waals surface area contributed by atoms with E-state index in [1.54, 1.807) is 0 Å². The van der Waals surface area contributed by atoms with E-state index in [9.17, 15) is 5.26 Å². The van der Waals surface area contributed by atoms with Gasteiger partial charge in [-0.05, 0) is 83.3 Å². The summed E-state index contributed by atoms with van der Waals surface area (Å²) in [6.07, 6.45) is 7.76. The standard InChI is InChI=1S/C35H47N7O3/c1-6-25-12-13-30(37)29(18-36)32(25)27-10-7-11-28-33(39-45-34(27)28)24(3)38-31(44-19-26-9-8-14-40(26)4)17-23(2)42-16-15-41(5)35(20-42)21-43-22-35/h12-13,17,26-27H,3,6-11,14-16,19-22,37H2,1-2,4-5H3/b23-17+,38-31?. The van der Waals surface area contributed by atoms with Gasteiger partial charge in [0.15, 0.2) is 0 Å². The SMILES string of the molecule is C=C(N=C(/C=C(\C)N1CCN(C)C2(COC2)C1)OCC1CCCN1C)c1noc2c1CCCC2c1c(CC)ccc(N)c1C#N. The summed E-state index contributed by atoms with van der Waals surface area (Å²) >= 11 is 0. The van der Waals surface area contributed by atoms with Gasteiger partial charge >= 0.3 is 0 Å². The predicted octanol–water partition coefficient (Wildman–Crippen LogP) is 4.56. The summed E-state index contributed by atoms with van der Waals surface area (Å²) in [6, 6.07) is 6.57. The first-order valence-electron chi connectivity index (χ1n) is 16.4. The van der Waals surface area contributed by atoms with Crippen LogP contribution in [0.5, 0.6) is 0 Å². The first-order chi connectivity index (χ1) is 21.7. The molecule has 10 nitrogen and oxygen atoms in total. The molecular formula is C35H47N7O3. The first-order valence-corrected chi connectivity index (χ1v) is 16.4. The van der Waals surface area contributed by atoms with E-state index in [0.717, 1.165) is 99.6 Å². The Morgan fingerprint density at radius 3 is 2.76 bits per heavy atom. The Kier molecular flexibility index (Phi) is 9.05. The molecule has 10 heteroatoms. The third-order valence-electron chi connectivity index (χ3n) is 10.5. The number of aliphatic imine (C=N–C) groups is 1. The number of hydrogen-bond donors (Lipinski definition) is 1. The highest BCUT2D eigenvalue weighted by Crippen LogP contribution is 2.43.